The van der Waals surface area contributed by atoms with Crippen molar-refractivity contribution in [2.75, 3.05) is 0 Å². The monoisotopic (exact) mass is 378 g/mol. The smallest absolute Gasteiger partial charge is 0.309 e. The molecule has 0 aliphatic heterocycles. The van der Waals surface area contributed by atoms with Crippen molar-refractivity contribution in [3.8, 4) is 0 Å². The largest absolute Gasteiger partial charge is 0.481 e. The van der Waals surface area contributed by atoms with Crippen molar-refractivity contribution in [2.24, 2.45) is 11.8 Å². The molecule has 138 valence electrons. The maximum Gasteiger partial charge on any atom is 0.309 e. The lowest BCUT2D eigenvalue weighted by atomic mass is 10.0. The lowest BCUT2D eigenvalue weighted by molar-refractivity contribution is -0.154. The van der Waals surface area contributed by atoms with E-state index < -0.39 is 29.9 Å². The van der Waals surface area contributed by atoms with Crippen LogP contribution in [0.1, 0.15) is 42.3 Å². The Morgan fingerprint density at radius 1 is 1.31 bits per heavy atom. The van der Waals surface area contributed by atoms with E-state index in [1.54, 1.807) is 32.0 Å². The molecule has 0 amide bonds. The number of halogens is 1. The molecule has 1 aromatic carbocycles. The number of carboxylic acids is 1. The number of carboxylic acid groups (broad SMARTS) is 1. The van der Waals surface area contributed by atoms with Crippen molar-refractivity contribution in [3.63, 3.8) is 0 Å². The summed E-state index contributed by atoms with van der Waals surface area (Å²) < 4.78 is 10.8. The number of hydrogen-bond donors (Lipinski definition) is 1. The fourth-order valence-corrected chi connectivity index (χ4v) is 3.31. The molecule has 3 rings (SSSR count). The van der Waals surface area contributed by atoms with Gasteiger partial charge >= 0.3 is 11.9 Å². The van der Waals surface area contributed by atoms with Crippen LogP contribution in [0, 0.1) is 18.8 Å². The summed E-state index contributed by atoms with van der Waals surface area (Å²) in [5.74, 6) is -2.02. The van der Waals surface area contributed by atoms with E-state index in [4.69, 9.17) is 25.9 Å². The third kappa shape index (κ3) is 3.75. The Labute approximate surface area is 155 Å². The number of benzene rings is 1. The molecular weight excluding hydrogens is 360 g/mol. The second-order valence-corrected chi connectivity index (χ2v) is 7.01. The highest BCUT2D eigenvalue weighted by atomic mass is 35.5. The fourth-order valence-electron chi connectivity index (χ4n) is 3.04. The first-order chi connectivity index (χ1) is 12.3. The van der Waals surface area contributed by atoms with E-state index in [2.05, 4.69) is 0 Å². The SMILES string of the molecule is CCC(CC(=O)O)OC(=O)C1CC1C(=O)c1cc(Cl)c2cc(C)oc2c1. The average molecular weight is 379 g/mol. The van der Waals surface area contributed by atoms with Crippen LogP contribution in [0.4, 0.5) is 0 Å². The van der Waals surface area contributed by atoms with Gasteiger partial charge in [0.05, 0.1) is 17.4 Å². The lowest BCUT2D eigenvalue weighted by Gasteiger charge is -2.13. The van der Waals surface area contributed by atoms with Crippen LogP contribution in [0.25, 0.3) is 11.0 Å². The van der Waals surface area contributed by atoms with Gasteiger partial charge in [-0.25, -0.2) is 0 Å². The highest BCUT2D eigenvalue weighted by Crippen LogP contribution is 2.43. The quantitative estimate of drug-likeness (QED) is 0.578. The molecule has 1 fully saturated rings. The topological polar surface area (TPSA) is 93.8 Å². The lowest BCUT2D eigenvalue weighted by Crippen LogP contribution is -2.22. The van der Waals surface area contributed by atoms with Crippen molar-refractivity contribution in [2.45, 2.75) is 39.2 Å². The van der Waals surface area contributed by atoms with Crippen LogP contribution >= 0.6 is 11.6 Å². The molecule has 0 spiro atoms. The summed E-state index contributed by atoms with van der Waals surface area (Å²) >= 11 is 6.22. The molecule has 3 atom stereocenters. The summed E-state index contributed by atoms with van der Waals surface area (Å²) in [5.41, 5.74) is 0.931. The van der Waals surface area contributed by atoms with E-state index in [0.29, 0.717) is 34.8 Å². The fraction of sp³-hybridized carbons (Fsp3) is 0.421. The Morgan fingerprint density at radius 2 is 2.04 bits per heavy atom. The van der Waals surface area contributed by atoms with Gasteiger partial charge in [0.2, 0.25) is 0 Å². The van der Waals surface area contributed by atoms with Crippen molar-refractivity contribution < 1.29 is 28.6 Å². The predicted octanol–water partition coefficient (Wildman–Crippen LogP) is 4.01. The van der Waals surface area contributed by atoms with Crippen molar-refractivity contribution in [3.05, 3.63) is 34.5 Å². The minimum Gasteiger partial charge on any atom is -0.481 e. The number of ketones is 1. The highest BCUT2D eigenvalue weighted by molar-refractivity contribution is 6.35. The molecule has 0 bridgehead atoms. The summed E-state index contributed by atoms with van der Waals surface area (Å²) in [6.07, 6.45) is -0.104. The molecular formula is C19H19ClO6. The average Bonchev–Trinajstić information content (AvgIpc) is 3.28. The van der Waals surface area contributed by atoms with Crippen LogP contribution in [-0.4, -0.2) is 28.9 Å². The number of carbonyl (C=O) groups excluding carboxylic acids is 2. The minimum atomic E-state index is -1.02. The maximum absolute atomic E-state index is 12.7. The Balaban J connectivity index is 1.69. The Morgan fingerprint density at radius 3 is 2.69 bits per heavy atom. The molecule has 1 saturated carbocycles. The molecule has 26 heavy (non-hydrogen) atoms. The van der Waals surface area contributed by atoms with Gasteiger partial charge in [0.25, 0.3) is 0 Å². The number of aryl methyl sites for hydroxylation is 1. The molecule has 1 N–H and O–H groups in total. The normalized spacial score (nSPS) is 20.0. The molecule has 6 nitrogen and oxygen atoms in total. The molecule has 0 radical (unpaired) electrons. The third-order valence-electron chi connectivity index (χ3n) is 4.57. The van der Waals surface area contributed by atoms with Crippen LogP contribution in [-0.2, 0) is 14.3 Å². The summed E-state index contributed by atoms with van der Waals surface area (Å²) in [4.78, 5) is 35.6. The molecule has 1 aliphatic rings. The van der Waals surface area contributed by atoms with Crippen molar-refractivity contribution >= 4 is 40.3 Å². The Hall–Kier alpha value is -2.34. The van der Waals surface area contributed by atoms with Gasteiger partial charge in [-0.3, -0.25) is 14.4 Å². The van der Waals surface area contributed by atoms with Gasteiger partial charge in [0, 0.05) is 16.9 Å². The van der Waals surface area contributed by atoms with Gasteiger partial charge in [-0.15, -0.1) is 0 Å². The second-order valence-electron chi connectivity index (χ2n) is 6.60. The summed E-state index contributed by atoms with van der Waals surface area (Å²) in [6, 6.07) is 5.02. The first-order valence-corrected chi connectivity index (χ1v) is 8.84. The standard InChI is InChI=1S/C19H19ClO6/c1-3-11(7-17(21)22)26-19(24)13-8-12(13)18(23)10-5-15(20)14-4-9(2)25-16(14)6-10/h4-6,11-13H,3,7-8H2,1-2H3,(H,21,22). The summed E-state index contributed by atoms with van der Waals surface area (Å²) in [7, 11) is 0. The van der Waals surface area contributed by atoms with Gasteiger partial charge in [-0.1, -0.05) is 18.5 Å². The zero-order valence-electron chi connectivity index (χ0n) is 14.5. The van der Waals surface area contributed by atoms with Gasteiger partial charge in [0.1, 0.15) is 17.4 Å². The van der Waals surface area contributed by atoms with Crippen LogP contribution in [0.2, 0.25) is 5.02 Å². The molecule has 7 heteroatoms. The number of carbonyl (C=O) groups is 3. The maximum atomic E-state index is 12.7. The van der Waals surface area contributed by atoms with Crippen LogP contribution in [0.15, 0.2) is 22.6 Å². The van der Waals surface area contributed by atoms with Gasteiger partial charge in [-0.2, -0.15) is 0 Å². The number of furan rings is 1. The van der Waals surface area contributed by atoms with Crippen LogP contribution in [0.5, 0.6) is 0 Å². The zero-order valence-corrected chi connectivity index (χ0v) is 15.2. The number of esters is 1. The first-order valence-electron chi connectivity index (χ1n) is 8.46. The number of rotatable bonds is 7. The zero-order chi connectivity index (χ0) is 19.0. The predicted molar refractivity (Wildman–Crippen MR) is 94.3 cm³/mol. The van der Waals surface area contributed by atoms with E-state index in [1.807, 2.05) is 0 Å². The van der Waals surface area contributed by atoms with E-state index in [9.17, 15) is 14.4 Å². The highest BCUT2D eigenvalue weighted by Gasteiger charge is 2.49. The number of aliphatic carboxylic acids is 1. The van der Waals surface area contributed by atoms with E-state index in [1.165, 1.54) is 0 Å². The number of Topliss-reactive ketones (excluding diaryl/α,β-unsaturated/α-hetero) is 1. The number of fused-ring (bicyclic) bond motifs is 1. The molecule has 3 unspecified atom stereocenters. The van der Waals surface area contributed by atoms with Crippen molar-refractivity contribution in [1.82, 2.24) is 0 Å². The molecule has 1 aromatic heterocycles. The second kappa shape index (κ2) is 7.11. The van der Waals surface area contributed by atoms with Gasteiger partial charge < -0.3 is 14.3 Å². The van der Waals surface area contributed by atoms with Gasteiger partial charge in [-0.05, 0) is 38.0 Å². The van der Waals surface area contributed by atoms with Gasteiger partial charge in [0.15, 0.2) is 5.78 Å². The minimum absolute atomic E-state index is 0.184. The third-order valence-corrected chi connectivity index (χ3v) is 4.88. The Kier molecular flexibility index (Phi) is 5.05. The number of hydrogen-bond acceptors (Lipinski definition) is 5. The number of ether oxygens (including phenoxy) is 1. The molecule has 0 saturated heterocycles. The Bertz CT molecular complexity index is 884. The van der Waals surface area contributed by atoms with E-state index in [0.717, 1.165) is 5.39 Å². The molecule has 1 heterocycles. The first kappa shape index (κ1) is 18.5. The summed E-state index contributed by atoms with van der Waals surface area (Å²) in [6.45, 7) is 3.55. The molecule has 2 aromatic rings. The van der Waals surface area contributed by atoms with Crippen LogP contribution < -0.4 is 0 Å². The van der Waals surface area contributed by atoms with Crippen molar-refractivity contribution in [1.29, 1.82) is 0 Å². The molecule has 1 aliphatic carbocycles. The van der Waals surface area contributed by atoms with E-state index >= 15 is 0 Å². The van der Waals surface area contributed by atoms with Crippen LogP contribution in [0.3, 0.4) is 0 Å². The van der Waals surface area contributed by atoms with E-state index in [-0.39, 0.29) is 12.2 Å². The summed E-state index contributed by atoms with van der Waals surface area (Å²) in [5, 5.41) is 9.99.